The average molecular weight is 387 g/mol. The molecule has 0 saturated carbocycles. The molecule has 0 amide bonds. The van der Waals surface area contributed by atoms with Gasteiger partial charge in [0.1, 0.15) is 12.1 Å². The number of fused-ring (bicyclic) bond motifs is 1. The van der Waals surface area contributed by atoms with E-state index in [1.165, 1.54) is 6.33 Å². The van der Waals surface area contributed by atoms with E-state index in [1.807, 2.05) is 30.9 Å². The quantitative estimate of drug-likeness (QED) is 0.769. The predicted molar refractivity (Wildman–Crippen MR) is 109 cm³/mol. The van der Waals surface area contributed by atoms with Gasteiger partial charge in [0, 0.05) is 23.9 Å². The summed E-state index contributed by atoms with van der Waals surface area (Å²) in [6, 6.07) is 3.24. The Morgan fingerprint density at radius 2 is 1.89 bits per heavy atom. The molecule has 1 aromatic carbocycles. The van der Waals surface area contributed by atoms with Gasteiger partial charge in [-0.2, -0.15) is 0 Å². The molecule has 3 rings (SSSR count). The minimum atomic E-state index is -0.444. The zero-order valence-corrected chi connectivity index (χ0v) is 16.9. The number of ketones is 1. The summed E-state index contributed by atoms with van der Waals surface area (Å²) in [5.41, 5.74) is 13.3. The van der Waals surface area contributed by atoms with Crippen molar-refractivity contribution in [3.63, 3.8) is 0 Å². The number of methoxy groups -OCH3 is 2. The van der Waals surface area contributed by atoms with E-state index in [9.17, 15) is 4.79 Å². The fourth-order valence-electron chi connectivity index (χ4n) is 3.72. The number of benzene rings is 1. The highest BCUT2D eigenvalue weighted by Crippen LogP contribution is 2.36. The van der Waals surface area contributed by atoms with Crippen molar-refractivity contribution in [1.29, 1.82) is 0 Å². The molecule has 2 unspecified atom stereocenters. The monoisotopic (exact) mass is 387 g/mol. The van der Waals surface area contributed by atoms with Gasteiger partial charge < -0.3 is 25.8 Å². The summed E-state index contributed by atoms with van der Waals surface area (Å²) in [6.07, 6.45) is 2.44. The second kappa shape index (κ2) is 8.28. The molecule has 8 heteroatoms. The molecular weight excluding hydrogens is 358 g/mol. The summed E-state index contributed by atoms with van der Waals surface area (Å²) in [4.78, 5) is 23.5. The highest BCUT2D eigenvalue weighted by molar-refractivity contribution is 5.92. The van der Waals surface area contributed by atoms with Gasteiger partial charge in [0.25, 0.3) is 0 Å². The summed E-state index contributed by atoms with van der Waals surface area (Å²) in [6.45, 7) is 4.56. The number of ether oxygens (including phenoxy) is 2. The third kappa shape index (κ3) is 3.74. The topological polar surface area (TPSA) is 117 Å². The van der Waals surface area contributed by atoms with Gasteiger partial charge in [0.05, 0.1) is 31.9 Å². The van der Waals surface area contributed by atoms with Gasteiger partial charge in [0.15, 0.2) is 17.3 Å². The van der Waals surface area contributed by atoms with E-state index in [2.05, 4.69) is 9.97 Å². The maximum absolute atomic E-state index is 12.6. The Kier molecular flexibility index (Phi) is 6.00. The highest BCUT2D eigenvalue weighted by atomic mass is 16.5. The molecule has 8 nitrogen and oxygen atoms in total. The number of Topliss-reactive ketones (excluding diaryl/α,β-unsaturated/α-hetero) is 1. The fraction of sp³-hybridized carbons (Fsp3) is 0.550. The standard InChI is InChI=1S/C20H29N5O3/c1-11(2)18(22)19(26)12-5-6-25(17(21)7-12)20-13-8-15(27-3)16(28-4)9-14(13)23-10-24-20/h8-12,17-18H,5-7,21-22H2,1-4H3/t12?,17?,18-/m0/s1. The molecule has 2 heterocycles. The number of piperidine rings is 1. The van der Waals surface area contributed by atoms with Gasteiger partial charge in [-0.1, -0.05) is 13.8 Å². The Hall–Kier alpha value is -2.45. The summed E-state index contributed by atoms with van der Waals surface area (Å²) >= 11 is 0. The number of carbonyl (C=O) groups is 1. The van der Waals surface area contributed by atoms with E-state index in [1.54, 1.807) is 14.2 Å². The smallest absolute Gasteiger partial charge is 0.162 e. The van der Waals surface area contributed by atoms with Crippen LogP contribution < -0.4 is 25.8 Å². The summed E-state index contributed by atoms with van der Waals surface area (Å²) in [5.74, 6) is 2.05. The lowest BCUT2D eigenvalue weighted by molar-refractivity contribution is -0.125. The van der Waals surface area contributed by atoms with Gasteiger partial charge in [-0.15, -0.1) is 0 Å². The first-order valence-corrected chi connectivity index (χ1v) is 9.55. The van der Waals surface area contributed by atoms with Crippen LogP contribution in [0, 0.1) is 11.8 Å². The number of anilines is 1. The second-order valence-corrected chi connectivity index (χ2v) is 7.58. The summed E-state index contributed by atoms with van der Waals surface area (Å²) < 4.78 is 10.8. The van der Waals surface area contributed by atoms with Crippen LogP contribution in [-0.4, -0.2) is 48.7 Å². The van der Waals surface area contributed by atoms with Gasteiger partial charge in [-0.05, 0) is 24.8 Å². The summed E-state index contributed by atoms with van der Waals surface area (Å²) in [7, 11) is 3.18. The number of carbonyl (C=O) groups excluding carboxylic acids is 1. The molecule has 1 aliphatic rings. The molecule has 0 aliphatic carbocycles. The number of nitrogens with two attached hydrogens (primary N) is 2. The lowest BCUT2D eigenvalue weighted by atomic mass is 9.84. The van der Waals surface area contributed by atoms with Crippen LogP contribution in [0.4, 0.5) is 5.82 Å². The van der Waals surface area contributed by atoms with Crippen molar-refractivity contribution >= 4 is 22.5 Å². The van der Waals surface area contributed by atoms with Crippen LogP contribution in [0.15, 0.2) is 18.5 Å². The van der Waals surface area contributed by atoms with Crippen molar-refractivity contribution in [2.75, 3.05) is 25.7 Å². The van der Waals surface area contributed by atoms with Crippen molar-refractivity contribution in [2.45, 2.75) is 38.9 Å². The van der Waals surface area contributed by atoms with Crippen molar-refractivity contribution < 1.29 is 14.3 Å². The number of aromatic nitrogens is 2. The van der Waals surface area contributed by atoms with Crippen LogP contribution in [0.2, 0.25) is 0 Å². The van der Waals surface area contributed by atoms with Gasteiger partial charge in [-0.25, -0.2) is 9.97 Å². The zero-order valence-electron chi connectivity index (χ0n) is 16.9. The van der Waals surface area contributed by atoms with Crippen molar-refractivity contribution in [3.8, 4) is 11.5 Å². The van der Waals surface area contributed by atoms with Gasteiger partial charge in [0.2, 0.25) is 0 Å². The van der Waals surface area contributed by atoms with E-state index in [4.69, 9.17) is 20.9 Å². The van der Waals surface area contributed by atoms with Crippen LogP contribution in [0.1, 0.15) is 26.7 Å². The molecule has 0 bridgehead atoms. The first kappa shape index (κ1) is 20.3. The lowest BCUT2D eigenvalue weighted by Crippen LogP contribution is -2.52. The Balaban J connectivity index is 1.88. The molecule has 3 atom stereocenters. The number of hydrogen-bond acceptors (Lipinski definition) is 8. The molecule has 4 N–H and O–H groups in total. The van der Waals surface area contributed by atoms with E-state index in [-0.39, 0.29) is 23.8 Å². The molecular formula is C20H29N5O3. The van der Waals surface area contributed by atoms with Crippen LogP contribution in [-0.2, 0) is 4.79 Å². The fourth-order valence-corrected chi connectivity index (χ4v) is 3.72. The maximum Gasteiger partial charge on any atom is 0.162 e. The third-order valence-electron chi connectivity index (χ3n) is 5.49. The van der Waals surface area contributed by atoms with Crippen molar-refractivity contribution in [3.05, 3.63) is 18.5 Å². The van der Waals surface area contributed by atoms with Crippen LogP contribution in [0.5, 0.6) is 11.5 Å². The molecule has 28 heavy (non-hydrogen) atoms. The van der Waals surface area contributed by atoms with E-state index in [0.717, 1.165) is 16.7 Å². The number of hydrogen-bond donors (Lipinski definition) is 2. The Bertz CT molecular complexity index is 857. The van der Waals surface area contributed by atoms with Crippen LogP contribution in [0.3, 0.4) is 0 Å². The average Bonchev–Trinajstić information content (AvgIpc) is 2.71. The lowest BCUT2D eigenvalue weighted by Gasteiger charge is -2.38. The third-order valence-corrected chi connectivity index (χ3v) is 5.49. The highest BCUT2D eigenvalue weighted by Gasteiger charge is 2.34. The molecule has 1 aromatic heterocycles. The first-order valence-electron chi connectivity index (χ1n) is 9.55. The molecule has 0 spiro atoms. The second-order valence-electron chi connectivity index (χ2n) is 7.58. The van der Waals surface area contributed by atoms with Crippen LogP contribution >= 0.6 is 0 Å². The minimum Gasteiger partial charge on any atom is -0.493 e. The van der Waals surface area contributed by atoms with E-state index >= 15 is 0 Å². The number of rotatable bonds is 6. The molecule has 1 fully saturated rings. The predicted octanol–water partition coefficient (Wildman–Crippen LogP) is 1.70. The molecule has 2 aromatic rings. The summed E-state index contributed by atoms with van der Waals surface area (Å²) in [5, 5.41) is 0.833. The van der Waals surface area contributed by atoms with E-state index < -0.39 is 6.04 Å². The largest absolute Gasteiger partial charge is 0.493 e. The van der Waals surface area contributed by atoms with E-state index in [0.29, 0.717) is 30.9 Å². The Morgan fingerprint density at radius 3 is 2.50 bits per heavy atom. The SMILES string of the molecule is COc1cc2ncnc(N3CCC(C(=O)[C@@H](N)C(C)C)CC3N)c2cc1OC. The van der Waals surface area contributed by atoms with Gasteiger partial charge in [-0.3, -0.25) is 4.79 Å². The first-order chi connectivity index (χ1) is 13.4. The van der Waals surface area contributed by atoms with Crippen molar-refractivity contribution in [1.82, 2.24) is 9.97 Å². The maximum atomic E-state index is 12.6. The normalized spacial score (nSPS) is 21.0. The number of nitrogens with zero attached hydrogens (tertiary/aromatic N) is 3. The molecule has 1 aliphatic heterocycles. The van der Waals surface area contributed by atoms with Gasteiger partial charge >= 0.3 is 0 Å². The minimum absolute atomic E-state index is 0.101. The Labute approximate surface area is 165 Å². The van der Waals surface area contributed by atoms with Crippen molar-refractivity contribution in [2.24, 2.45) is 23.3 Å². The Morgan fingerprint density at radius 1 is 1.21 bits per heavy atom. The molecule has 1 saturated heterocycles. The van der Waals surface area contributed by atoms with Crippen LogP contribution in [0.25, 0.3) is 10.9 Å². The molecule has 152 valence electrons. The zero-order chi connectivity index (χ0) is 20.4. The molecule has 0 radical (unpaired) electrons.